The molecule has 1 N–H and O–H groups in total. The van der Waals surface area contributed by atoms with Crippen LogP contribution in [-0.4, -0.2) is 25.1 Å². The number of methoxy groups -OCH3 is 2. The van der Waals surface area contributed by atoms with Gasteiger partial charge in [0.05, 0.1) is 20.5 Å². The summed E-state index contributed by atoms with van der Waals surface area (Å²) in [6.07, 6.45) is 3.32. The van der Waals surface area contributed by atoms with Crippen LogP contribution < -0.4 is 14.8 Å². The number of hydrogen-bond donors (Lipinski definition) is 1. The predicted octanol–water partition coefficient (Wildman–Crippen LogP) is 3.29. The number of amides is 1. The lowest BCUT2D eigenvalue weighted by atomic mass is 10.1. The summed E-state index contributed by atoms with van der Waals surface area (Å²) in [6, 6.07) is 12.5. The van der Waals surface area contributed by atoms with Gasteiger partial charge in [-0.3, -0.25) is 9.78 Å². The molecular formula is C19H18N2O4. The molecule has 6 heteroatoms. The Balaban J connectivity index is 1.64. The maximum absolute atomic E-state index is 12.3. The third kappa shape index (κ3) is 3.80. The van der Waals surface area contributed by atoms with Crippen LogP contribution in [0.3, 0.4) is 0 Å². The van der Waals surface area contributed by atoms with Gasteiger partial charge in [0.2, 0.25) is 0 Å². The first-order valence-corrected chi connectivity index (χ1v) is 7.70. The monoisotopic (exact) mass is 338 g/mol. The van der Waals surface area contributed by atoms with Crippen LogP contribution in [0.25, 0.3) is 11.5 Å². The zero-order chi connectivity index (χ0) is 17.6. The fourth-order valence-electron chi connectivity index (χ4n) is 2.36. The topological polar surface area (TPSA) is 73.6 Å². The van der Waals surface area contributed by atoms with Crippen molar-refractivity contribution >= 4 is 5.91 Å². The summed E-state index contributed by atoms with van der Waals surface area (Å²) in [5, 5.41) is 2.86. The van der Waals surface area contributed by atoms with Crippen molar-refractivity contribution in [1.29, 1.82) is 0 Å². The number of benzene rings is 1. The zero-order valence-electron chi connectivity index (χ0n) is 14.0. The summed E-state index contributed by atoms with van der Waals surface area (Å²) < 4.78 is 15.7. The number of nitrogens with one attached hydrogen (secondary N) is 1. The average molecular weight is 338 g/mol. The molecule has 0 saturated heterocycles. The second-order valence-corrected chi connectivity index (χ2v) is 5.28. The maximum atomic E-state index is 12.3. The van der Waals surface area contributed by atoms with Crippen molar-refractivity contribution in [2.45, 2.75) is 6.54 Å². The van der Waals surface area contributed by atoms with Crippen LogP contribution in [0.4, 0.5) is 0 Å². The van der Waals surface area contributed by atoms with E-state index in [0.29, 0.717) is 29.4 Å². The molecule has 6 nitrogen and oxygen atoms in total. The molecule has 2 aromatic heterocycles. The van der Waals surface area contributed by atoms with Gasteiger partial charge in [-0.15, -0.1) is 0 Å². The average Bonchev–Trinajstić information content (AvgIpc) is 3.20. The van der Waals surface area contributed by atoms with E-state index in [0.717, 1.165) is 11.3 Å². The molecule has 3 aromatic rings. The number of ether oxygens (including phenoxy) is 2. The normalized spacial score (nSPS) is 10.3. The number of pyridine rings is 1. The summed E-state index contributed by atoms with van der Waals surface area (Å²) in [4.78, 5) is 16.6. The maximum Gasteiger partial charge on any atom is 0.251 e. The van der Waals surface area contributed by atoms with Gasteiger partial charge in [0, 0.05) is 18.3 Å². The number of aromatic nitrogens is 1. The lowest BCUT2D eigenvalue weighted by Gasteiger charge is -2.10. The molecule has 0 radical (unpaired) electrons. The zero-order valence-corrected chi connectivity index (χ0v) is 14.0. The van der Waals surface area contributed by atoms with Crippen LogP contribution in [0.1, 0.15) is 15.9 Å². The molecule has 0 fully saturated rings. The molecule has 0 aliphatic rings. The Morgan fingerprint density at radius 1 is 1.12 bits per heavy atom. The second kappa shape index (κ2) is 7.53. The minimum Gasteiger partial charge on any atom is -0.493 e. The first-order chi connectivity index (χ1) is 12.2. The minimum atomic E-state index is -0.198. The second-order valence-electron chi connectivity index (χ2n) is 5.28. The first-order valence-electron chi connectivity index (χ1n) is 7.70. The van der Waals surface area contributed by atoms with Crippen molar-refractivity contribution in [1.82, 2.24) is 10.3 Å². The highest BCUT2D eigenvalue weighted by atomic mass is 16.5. The van der Waals surface area contributed by atoms with E-state index in [1.54, 1.807) is 37.8 Å². The largest absolute Gasteiger partial charge is 0.493 e. The third-order valence-electron chi connectivity index (χ3n) is 3.70. The van der Waals surface area contributed by atoms with Crippen molar-refractivity contribution in [3.8, 4) is 23.0 Å². The summed E-state index contributed by atoms with van der Waals surface area (Å²) in [5.74, 6) is 1.60. The molecule has 0 bridgehead atoms. The van der Waals surface area contributed by atoms with Gasteiger partial charge in [-0.1, -0.05) is 6.07 Å². The van der Waals surface area contributed by atoms with Gasteiger partial charge in [0.15, 0.2) is 17.3 Å². The number of carbonyl (C=O) groups excluding carboxylic acids is 1. The predicted molar refractivity (Wildman–Crippen MR) is 92.7 cm³/mol. The van der Waals surface area contributed by atoms with E-state index >= 15 is 0 Å². The van der Waals surface area contributed by atoms with E-state index < -0.39 is 0 Å². The van der Waals surface area contributed by atoms with Gasteiger partial charge in [-0.2, -0.15) is 0 Å². The molecule has 0 saturated carbocycles. The highest BCUT2D eigenvalue weighted by Crippen LogP contribution is 2.27. The smallest absolute Gasteiger partial charge is 0.251 e. The summed E-state index contributed by atoms with van der Waals surface area (Å²) in [5.41, 5.74) is 2.14. The lowest BCUT2D eigenvalue weighted by molar-refractivity contribution is 0.0950. The molecule has 0 aliphatic heterocycles. The minimum absolute atomic E-state index is 0.198. The van der Waals surface area contributed by atoms with E-state index in [-0.39, 0.29) is 5.91 Å². The van der Waals surface area contributed by atoms with Crippen LogP contribution in [0.15, 0.2) is 59.3 Å². The molecule has 0 atom stereocenters. The Kier molecular flexibility index (Phi) is 4.99. The fourth-order valence-corrected chi connectivity index (χ4v) is 2.36. The number of rotatable bonds is 6. The van der Waals surface area contributed by atoms with Gasteiger partial charge < -0.3 is 19.2 Å². The molecule has 0 spiro atoms. The molecule has 1 amide bonds. The Bertz CT molecular complexity index is 842. The van der Waals surface area contributed by atoms with Crippen LogP contribution in [-0.2, 0) is 6.54 Å². The van der Waals surface area contributed by atoms with E-state index in [2.05, 4.69) is 10.3 Å². The van der Waals surface area contributed by atoms with Crippen LogP contribution >= 0.6 is 0 Å². The quantitative estimate of drug-likeness (QED) is 0.746. The molecule has 3 rings (SSSR count). The number of nitrogens with zero attached hydrogens (tertiary/aromatic N) is 1. The number of hydrogen-bond acceptors (Lipinski definition) is 5. The summed E-state index contributed by atoms with van der Waals surface area (Å²) >= 11 is 0. The van der Waals surface area contributed by atoms with Crippen molar-refractivity contribution < 1.29 is 18.7 Å². The van der Waals surface area contributed by atoms with Crippen LogP contribution in [0, 0.1) is 0 Å². The highest BCUT2D eigenvalue weighted by molar-refractivity contribution is 5.94. The highest BCUT2D eigenvalue weighted by Gasteiger charge is 2.11. The molecule has 128 valence electrons. The molecule has 2 heterocycles. The Morgan fingerprint density at radius 2 is 1.96 bits per heavy atom. The van der Waals surface area contributed by atoms with Crippen LogP contribution in [0.2, 0.25) is 0 Å². The Labute approximate surface area is 145 Å². The summed E-state index contributed by atoms with van der Waals surface area (Å²) in [7, 11) is 3.09. The molecular weight excluding hydrogens is 320 g/mol. The number of furan rings is 1. The summed E-state index contributed by atoms with van der Waals surface area (Å²) in [6.45, 7) is 0.374. The Hall–Kier alpha value is -3.28. The van der Waals surface area contributed by atoms with E-state index in [1.165, 1.54) is 7.11 Å². The Morgan fingerprint density at radius 3 is 2.60 bits per heavy atom. The fraction of sp³-hybridized carbons (Fsp3) is 0.158. The van der Waals surface area contributed by atoms with E-state index in [4.69, 9.17) is 13.9 Å². The number of carbonyl (C=O) groups is 1. The van der Waals surface area contributed by atoms with Crippen LogP contribution in [0.5, 0.6) is 11.5 Å². The van der Waals surface area contributed by atoms with Gasteiger partial charge >= 0.3 is 0 Å². The first kappa shape index (κ1) is 16.6. The van der Waals surface area contributed by atoms with Crippen molar-refractivity contribution in [3.05, 3.63) is 66.1 Å². The van der Waals surface area contributed by atoms with Gasteiger partial charge in [-0.05, 0) is 42.0 Å². The molecule has 25 heavy (non-hydrogen) atoms. The van der Waals surface area contributed by atoms with Gasteiger partial charge in [-0.25, -0.2) is 0 Å². The molecule has 0 aliphatic carbocycles. The van der Waals surface area contributed by atoms with E-state index in [1.807, 2.05) is 24.3 Å². The van der Waals surface area contributed by atoms with Gasteiger partial charge in [0.1, 0.15) is 5.69 Å². The van der Waals surface area contributed by atoms with Crippen molar-refractivity contribution in [3.63, 3.8) is 0 Å². The third-order valence-corrected chi connectivity index (χ3v) is 3.70. The van der Waals surface area contributed by atoms with Gasteiger partial charge in [0.25, 0.3) is 5.91 Å². The van der Waals surface area contributed by atoms with E-state index in [9.17, 15) is 4.79 Å². The molecule has 1 aromatic carbocycles. The molecule has 0 unspecified atom stereocenters. The lowest BCUT2D eigenvalue weighted by Crippen LogP contribution is -2.22. The van der Waals surface area contributed by atoms with Crippen molar-refractivity contribution in [2.75, 3.05) is 14.2 Å². The SMILES string of the molecule is COc1ccc(C(=O)NCc2ccc(-c3ccco3)nc2)cc1OC. The standard InChI is InChI=1S/C19H18N2O4/c1-23-17-8-6-14(10-18(17)24-2)19(22)21-12-13-5-7-15(20-11-13)16-4-3-9-25-16/h3-11H,12H2,1-2H3,(H,21,22). The van der Waals surface area contributed by atoms with Crippen molar-refractivity contribution in [2.24, 2.45) is 0 Å².